The van der Waals surface area contributed by atoms with Gasteiger partial charge in [-0.05, 0) is 45.6 Å². The molecule has 2 aliphatic rings. The first kappa shape index (κ1) is 15.7. The second-order valence-electron chi connectivity index (χ2n) is 6.52. The third kappa shape index (κ3) is 4.43. The largest absolute Gasteiger partial charge is 0.468 e. The minimum Gasteiger partial charge on any atom is -0.468 e. The van der Waals surface area contributed by atoms with Gasteiger partial charge < -0.3 is 14.4 Å². The predicted molar refractivity (Wildman–Crippen MR) is 77.6 cm³/mol. The topological polar surface area (TPSA) is 50.8 Å². The molecule has 0 aromatic carbocycles. The van der Waals surface area contributed by atoms with Gasteiger partial charge in [-0.2, -0.15) is 0 Å². The van der Waals surface area contributed by atoms with E-state index >= 15 is 0 Å². The zero-order valence-corrected chi connectivity index (χ0v) is 13.0. The molecule has 1 N–H and O–H groups in total. The van der Waals surface area contributed by atoms with E-state index in [0.717, 1.165) is 39.0 Å². The number of hydrogen-bond acceptors (Lipinski definition) is 5. The third-order valence-corrected chi connectivity index (χ3v) is 4.15. The van der Waals surface area contributed by atoms with Crippen LogP contribution in [0.25, 0.3) is 0 Å². The average Bonchev–Trinajstić information content (AvgIpc) is 3.22. The number of rotatable bonds is 7. The number of hydrogen-bond donors (Lipinski definition) is 1. The second kappa shape index (κ2) is 6.87. The van der Waals surface area contributed by atoms with E-state index in [4.69, 9.17) is 9.47 Å². The average molecular weight is 284 g/mol. The lowest BCUT2D eigenvalue weighted by atomic mass is 9.98. The summed E-state index contributed by atoms with van der Waals surface area (Å²) in [6, 6.07) is 0.477. The summed E-state index contributed by atoms with van der Waals surface area (Å²) in [6.07, 6.45) is 4.68. The molecule has 0 bridgehead atoms. The number of carbonyl (C=O) groups excluding carboxylic acids is 1. The monoisotopic (exact) mass is 284 g/mol. The van der Waals surface area contributed by atoms with E-state index in [0.29, 0.717) is 18.5 Å². The second-order valence-corrected chi connectivity index (χ2v) is 6.52. The van der Waals surface area contributed by atoms with Gasteiger partial charge in [0.05, 0.1) is 13.7 Å². The summed E-state index contributed by atoms with van der Waals surface area (Å²) in [5.41, 5.74) is -0.611. The summed E-state index contributed by atoms with van der Waals surface area (Å²) in [5, 5.41) is 3.44. The molecule has 2 fully saturated rings. The smallest absolute Gasteiger partial charge is 0.327 e. The van der Waals surface area contributed by atoms with Crippen molar-refractivity contribution in [1.82, 2.24) is 10.2 Å². The first-order valence-electron chi connectivity index (χ1n) is 7.66. The summed E-state index contributed by atoms with van der Waals surface area (Å²) >= 11 is 0. The van der Waals surface area contributed by atoms with Gasteiger partial charge in [0.15, 0.2) is 0 Å². The van der Waals surface area contributed by atoms with Gasteiger partial charge in [0.2, 0.25) is 0 Å². The molecule has 0 radical (unpaired) electrons. The van der Waals surface area contributed by atoms with Gasteiger partial charge in [-0.25, -0.2) is 0 Å². The molecule has 116 valence electrons. The summed E-state index contributed by atoms with van der Waals surface area (Å²) < 4.78 is 10.5. The Hall–Kier alpha value is -0.650. The van der Waals surface area contributed by atoms with E-state index in [1.165, 1.54) is 13.5 Å². The van der Waals surface area contributed by atoms with Crippen LogP contribution in [0.3, 0.4) is 0 Å². The molecular weight excluding hydrogens is 256 g/mol. The van der Waals surface area contributed by atoms with Gasteiger partial charge in [-0.1, -0.05) is 0 Å². The zero-order valence-electron chi connectivity index (χ0n) is 13.0. The summed E-state index contributed by atoms with van der Waals surface area (Å²) in [5.74, 6) is 0.410. The van der Waals surface area contributed by atoms with Gasteiger partial charge in [-0.3, -0.25) is 10.1 Å². The molecule has 1 saturated heterocycles. The molecule has 1 aliphatic carbocycles. The fraction of sp³-hybridized carbons (Fsp3) is 0.933. The highest BCUT2D eigenvalue weighted by Crippen LogP contribution is 2.24. The highest BCUT2D eigenvalue weighted by atomic mass is 16.5. The number of esters is 1. The molecule has 0 spiro atoms. The van der Waals surface area contributed by atoms with Gasteiger partial charge >= 0.3 is 5.97 Å². The van der Waals surface area contributed by atoms with Crippen molar-refractivity contribution >= 4 is 5.97 Å². The number of likely N-dealkylation sites (N-methyl/N-ethyl adjacent to an activating group) is 1. The maximum absolute atomic E-state index is 12.1. The van der Waals surface area contributed by atoms with Crippen LogP contribution < -0.4 is 5.32 Å². The quantitative estimate of drug-likeness (QED) is 0.708. The highest BCUT2D eigenvalue weighted by molar-refractivity contribution is 5.80. The molecule has 0 aromatic heterocycles. The molecule has 1 heterocycles. The van der Waals surface area contributed by atoms with Crippen molar-refractivity contribution in [2.45, 2.75) is 44.2 Å². The fourth-order valence-corrected chi connectivity index (χ4v) is 3.07. The van der Waals surface area contributed by atoms with E-state index in [2.05, 4.69) is 17.3 Å². The van der Waals surface area contributed by atoms with Crippen molar-refractivity contribution in [3.05, 3.63) is 0 Å². The Morgan fingerprint density at radius 3 is 2.75 bits per heavy atom. The first-order valence-corrected chi connectivity index (χ1v) is 7.66. The van der Waals surface area contributed by atoms with Crippen LogP contribution in [0, 0.1) is 5.92 Å². The Morgan fingerprint density at radius 2 is 2.20 bits per heavy atom. The number of ether oxygens (including phenoxy) is 2. The molecule has 20 heavy (non-hydrogen) atoms. The van der Waals surface area contributed by atoms with Gasteiger partial charge in [0, 0.05) is 25.7 Å². The van der Waals surface area contributed by atoms with Crippen molar-refractivity contribution < 1.29 is 14.3 Å². The van der Waals surface area contributed by atoms with Crippen LogP contribution in [0.5, 0.6) is 0 Å². The predicted octanol–water partition coefficient (Wildman–Crippen LogP) is 1.03. The number of nitrogens with one attached hydrogen (secondary N) is 1. The fourth-order valence-electron chi connectivity index (χ4n) is 3.07. The van der Waals surface area contributed by atoms with Crippen LogP contribution in [0.15, 0.2) is 0 Å². The van der Waals surface area contributed by atoms with Crippen molar-refractivity contribution in [3.63, 3.8) is 0 Å². The molecule has 2 atom stereocenters. The van der Waals surface area contributed by atoms with Crippen molar-refractivity contribution in [1.29, 1.82) is 0 Å². The Balaban J connectivity index is 1.86. The molecule has 0 amide bonds. The number of methoxy groups -OCH3 is 1. The van der Waals surface area contributed by atoms with Crippen LogP contribution in [0.1, 0.15) is 32.6 Å². The third-order valence-electron chi connectivity index (χ3n) is 4.15. The van der Waals surface area contributed by atoms with Crippen molar-refractivity contribution in [3.8, 4) is 0 Å². The van der Waals surface area contributed by atoms with E-state index in [9.17, 15) is 4.79 Å². The first-order chi connectivity index (χ1) is 9.53. The lowest BCUT2D eigenvalue weighted by Crippen LogP contribution is -2.58. The molecular formula is C15H28N2O3. The van der Waals surface area contributed by atoms with E-state index in [1.54, 1.807) is 0 Å². The van der Waals surface area contributed by atoms with Gasteiger partial charge in [-0.15, -0.1) is 0 Å². The Labute approximate surface area is 122 Å². The number of nitrogens with zero attached hydrogens (tertiary/aromatic N) is 1. The summed E-state index contributed by atoms with van der Waals surface area (Å²) in [6.45, 7) is 5.33. The maximum Gasteiger partial charge on any atom is 0.327 e. The molecule has 1 aliphatic heterocycles. The maximum atomic E-state index is 12.1. The lowest BCUT2D eigenvalue weighted by molar-refractivity contribution is -0.148. The summed E-state index contributed by atoms with van der Waals surface area (Å²) in [4.78, 5) is 14.3. The molecule has 0 aromatic rings. The number of carbonyl (C=O) groups is 1. The zero-order chi connectivity index (χ0) is 14.6. The standard InChI is InChI=1S/C15H28N2O3/c1-15(14(18)19-3,16-13-6-7-13)11-17(2)9-12-5-4-8-20-10-12/h12-13,16H,4-11H2,1-3H3. The van der Waals surface area contributed by atoms with Crippen LogP contribution >= 0.6 is 0 Å². The Morgan fingerprint density at radius 1 is 1.45 bits per heavy atom. The highest BCUT2D eigenvalue weighted by Gasteiger charge is 2.40. The molecule has 1 saturated carbocycles. The van der Waals surface area contributed by atoms with Crippen LogP contribution in [0.2, 0.25) is 0 Å². The van der Waals surface area contributed by atoms with E-state index in [1.807, 2.05) is 6.92 Å². The Kier molecular flexibility index (Phi) is 5.41. The van der Waals surface area contributed by atoms with Crippen LogP contribution in [-0.2, 0) is 14.3 Å². The molecule has 5 nitrogen and oxygen atoms in total. The minimum atomic E-state index is -0.611. The van der Waals surface area contributed by atoms with E-state index in [-0.39, 0.29) is 5.97 Å². The lowest BCUT2D eigenvalue weighted by Gasteiger charge is -2.34. The normalized spacial score (nSPS) is 26.3. The van der Waals surface area contributed by atoms with Crippen molar-refractivity contribution in [2.24, 2.45) is 5.92 Å². The van der Waals surface area contributed by atoms with Crippen molar-refractivity contribution in [2.75, 3.05) is 40.5 Å². The molecule has 2 unspecified atom stereocenters. The summed E-state index contributed by atoms with van der Waals surface area (Å²) in [7, 11) is 3.54. The van der Waals surface area contributed by atoms with Gasteiger partial charge in [0.25, 0.3) is 0 Å². The van der Waals surface area contributed by atoms with Gasteiger partial charge in [0.1, 0.15) is 5.54 Å². The SMILES string of the molecule is COC(=O)C(C)(CN(C)CC1CCCOC1)NC1CC1. The molecule has 5 heteroatoms. The minimum absolute atomic E-state index is 0.170. The van der Waals surface area contributed by atoms with Crippen LogP contribution in [0.4, 0.5) is 0 Å². The van der Waals surface area contributed by atoms with E-state index < -0.39 is 5.54 Å². The van der Waals surface area contributed by atoms with Crippen LogP contribution in [-0.4, -0.2) is 62.9 Å². The molecule has 2 rings (SSSR count). The Bertz CT molecular complexity index is 327.